The Hall–Kier alpha value is -1.36. The van der Waals surface area contributed by atoms with Crippen LogP contribution in [0.25, 0.3) is 0 Å². The summed E-state index contributed by atoms with van der Waals surface area (Å²) in [5, 5.41) is 3.24. The Labute approximate surface area is 112 Å². The second-order valence-electron chi connectivity index (χ2n) is 4.48. The molecular weight excluding hydrogens is 246 g/mol. The molecule has 2 rings (SSSR count). The fourth-order valence-electron chi connectivity index (χ4n) is 2.14. The lowest BCUT2D eigenvalue weighted by Gasteiger charge is -2.33. The molecule has 1 fully saturated rings. The van der Waals surface area contributed by atoms with Gasteiger partial charge in [0, 0.05) is 36.7 Å². The van der Waals surface area contributed by atoms with Gasteiger partial charge >= 0.3 is 0 Å². The van der Waals surface area contributed by atoms with Gasteiger partial charge in [0.15, 0.2) is 0 Å². The molecule has 1 aromatic carbocycles. The number of hydrogen-bond donors (Lipinski definition) is 2. The molecule has 1 heterocycles. The minimum absolute atomic E-state index is 0.0734. The second kappa shape index (κ2) is 5.52. The summed E-state index contributed by atoms with van der Waals surface area (Å²) in [7, 11) is 1.64. The van der Waals surface area contributed by atoms with E-state index in [1.807, 2.05) is 23.9 Å². The lowest BCUT2D eigenvalue weighted by molar-refractivity contribution is 0.0963. The van der Waals surface area contributed by atoms with Crippen molar-refractivity contribution in [3.63, 3.8) is 0 Å². The third kappa shape index (κ3) is 2.72. The number of nitrogens with two attached hydrogens (primary N) is 1. The van der Waals surface area contributed by atoms with E-state index in [0.29, 0.717) is 10.8 Å². The molecule has 1 saturated heterocycles. The number of amides is 1. The average molecular weight is 265 g/mol. The van der Waals surface area contributed by atoms with E-state index >= 15 is 0 Å². The predicted octanol–water partition coefficient (Wildman–Crippen LogP) is 1.57. The zero-order valence-electron chi connectivity index (χ0n) is 10.8. The molecule has 0 bridgehead atoms. The number of nitrogens with zero attached hydrogens (tertiary/aromatic N) is 1. The van der Waals surface area contributed by atoms with Gasteiger partial charge in [0.25, 0.3) is 5.91 Å². The molecule has 1 aliphatic heterocycles. The fourth-order valence-corrected chi connectivity index (χ4v) is 3.15. The van der Waals surface area contributed by atoms with E-state index in [0.717, 1.165) is 30.2 Å². The molecule has 1 aromatic rings. The van der Waals surface area contributed by atoms with Crippen LogP contribution in [-0.2, 0) is 0 Å². The number of anilines is 2. The number of benzene rings is 1. The number of carbonyl (C=O) groups is 1. The Morgan fingerprint density at radius 1 is 1.56 bits per heavy atom. The van der Waals surface area contributed by atoms with Crippen LogP contribution in [0.5, 0.6) is 0 Å². The summed E-state index contributed by atoms with van der Waals surface area (Å²) in [5.74, 6) is 1.03. The van der Waals surface area contributed by atoms with Gasteiger partial charge in [0.2, 0.25) is 0 Å². The summed E-state index contributed by atoms with van der Waals surface area (Å²) in [6, 6.07) is 5.46. The molecular formula is C13H19N3OS. The van der Waals surface area contributed by atoms with Gasteiger partial charge in [0.1, 0.15) is 0 Å². The minimum atomic E-state index is -0.0734. The molecule has 1 atom stereocenters. The van der Waals surface area contributed by atoms with Crippen LogP contribution in [0.1, 0.15) is 17.3 Å². The van der Waals surface area contributed by atoms with Gasteiger partial charge in [0.05, 0.1) is 11.4 Å². The fraction of sp³-hybridized carbons (Fsp3) is 0.462. The largest absolute Gasteiger partial charge is 0.397 e. The average Bonchev–Trinajstić information content (AvgIpc) is 2.38. The van der Waals surface area contributed by atoms with Gasteiger partial charge in [-0.2, -0.15) is 11.8 Å². The van der Waals surface area contributed by atoms with E-state index in [-0.39, 0.29) is 5.91 Å². The molecule has 0 saturated carbocycles. The molecule has 0 aliphatic carbocycles. The van der Waals surface area contributed by atoms with Crippen LogP contribution in [0.2, 0.25) is 0 Å². The van der Waals surface area contributed by atoms with Crippen molar-refractivity contribution in [3.05, 3.63) is 23.8 Å². The summed E-state index contributed by atoms with van der Waals surface area (Å²) in [6.45, 7) is 4.18. The third-order valence-electron chi connectivity index (χ3n) is 3.10. The van der Waals surface area contributed by atoms with Gasteiger partial charge in [-0.3, -0.25) is 4.79 Å². The SMILES string of the molecule is CNC(=O)c1ccc(N)c(N2CCSC(C)C2)c1. The van der Waals surface area contributed by atoms with Crippen molar-refractivity contribution in [1.82, 2.24) is 5.32 Å². The van der Waals surface area contributed by atoms with Crippen molar-refractivity contribution < 1.29 is 4.79 Å². The van der Waals surface area contributed by atoms with E-state index < -0.39 is 0 Å². The molecule has 1 unspecified atom stereocenters. The highest BCUT2D eigenvalue weighted by Gasteiger charge is 2.19. The van der Waals surface area contributed by atoms with E-state index in [1.165, 1.54) is 0 Å². The van der Waals surface area contributed by atoms with Crippen LogP contribution in [0, 0.1) is 0 Å². The smallest absolute Gasteiger partial charge is 0.251 e. The normalized spacial score (nSPS) is 19.7. The predicted molar refractivity (Wildman–Crippen MR) is 78.4 cm³/mol. The molecule has 1 aliphatic rings. The number of rotatable bonds is 2. The first-order chi connectivity index (χ1) is 8.61. The lowest BCUT2D eigenvalue weighted by Crippen LogP contribution is -2.37. The van der Waals surface area contributed by atoms with Gasteiger partial charge in [-0.15, -0.1) is 0 Å². The zero-order valence-corrected chi connectivity index (χ0v) is 11.6. The molecule has 0 aromatic heterocycles. The number of thioether (sulfide) groups is 1. The van der Waals surface area contributed by atoms with Gasteiger partial charge in [-0.1, -0.05) is 6.92 Å². The summed E-state index contributed by atoms with van der Waals surface area (Å²) in [6.07, 6.45) is 0. The third-order valence-corrected chi connectivity index (χ3v) is 4.24. The Balaban J connectivity index is 2.28. The molecule has 0 radical (unpaired) electrons. The van der Waals surface area contributed by atoms with Crippen LogP contribution in [0.4, 0.5) is 11.4 Å². The van der Waals surface area contributed by atoms with Crippen molar-refractivity contribution in [1.29, 1.82) is 0 Å². The van der Waals surface area contributed by atoms with Crippen LogP contribution in [0.15, 0.2) is 18.2 Å². The maximum absolute atomic E-state index is 11.6. The topological polar surface area (TPSA) is 58.4 Å². The highest BCUT2D eigenvalue weighted by atomic mass is 32.2. The van der Waals surface area contributed by atoms with Crippen LogP contribution in [-0.4, -0.2) is 37.0 Å². The summed E-state index contributed by atoms with van der Waals surface area (Å²) < 4.78 is 0. The molecule has 1 amide bonds. The lowest BCUT2D eigenvalue weighted by atomic mass is 10.1. The first kappa shape index (κ1) is 13.1. The second-order valence-corrected chi connectivity index (χ2v) is 6.03. The van der Waals surface area contributed by atoms with Crippen LogP contribution in [0.3, 0.4) is 0 Å². The van der Waals surface area contributed by atoms with Crippen molar-refractivity contribution in [3.8, 4) is 0 Å². The Kier molecular flexibility index (Phi) is 4.01. The van der Waals surface area contributed by atoms with Crippen molar-refractivity contribution in [2.75, 3.05) is 36.5 Å². The highest BCUT2D eigenvalue weighted by Crippen LogP contribution is 2.29. The van der Waals surface area contributed by atoms with Crippen molar-refractivity contribution >= 4 is 29.0 Å². The van der Waals surface area contributed by atoms with Gasteiger partial charge in [-0.25, -0.2) is 0 Å². The number of nitrogen functional groups attached to an aromatic ring is 1. The maximum Gasteiger partial charge on any atom is 0.251 e. The first-order valence-corrected chi connectivity index (χ1v) is 7.15. The van der Waals surface area contributed by atoms with E-state index in [1.54, 1.807) is 13.1 Å². The Morgan fingerprint density at radius 3 is 3.00 bits per heavy atom. The first-order valence-electron chi connectivity index (χ1n) is 6.10. The molecule has 4 nitrogen and oxygen atoms in total. The maximum atomic E-state index is 11.6. The molecule has 5 heteroatoms. The van der Waals surface area contributed by atoms with Crippen molar-refractivity contribution in [2.45, 2.75) is 12.2 Å². The molecule has 3 N–H and O–H groups in total. The minimum Gasteiger partial charge on any atom is -0.397 e. The molecule has 18 heavy (non-hydrogen) atoms. The monoisotopic (exact) mass is 265 g/mol. The van der Waals surface area contributed by atoms with Gasteiger partial charge < -0.3 is 16.0 Å². The summed E-state index contributed by atoms with van der Waals surface area (Å²) in [5.41, 5.74) is 8.40. The number of hydrogen-bond acceptors (Lipinski definition) is 4. The van der Waals surface area contributed by atoms with E-state index in [9.17, 15) is 4.79 Å². The van der Waals surface area contributed by atoms with E-state index in [4.69, 9.17) is 5.73 Å². The molecule has 98 valence electrons. The standard InChI is InChI=1S/C13H19N3OS/c1-9-8-16(5-6-18-9)12-7-10(13(17)15-2)3-4-11(12)14/h3-4,7,9H,5-6,8,14H2,1-2H3,(H,15,17). The molecule has 0 spiro atoms. The summed E-state index contributed by atoms with van der Waals surface area (Å²) >= 11 is 1.98. The Morgan fingerprint density at radius 2 is 2.33 bits per heavy atom. The van der Waals surface area contributed by atoms with Gasteiger partial charge in [-0.05, 0) is 18.2 Å². The number of carbonyl (C=O) groups excluding carboxylic acids is 1. The Bertz CT molecular complexity index is 450. The van der Waals surface area contributed by atoms with Crippen LogP contribution < -0.4 is 16.0 Å². The quantitative estimate of drug-likeness (QED) is 0.797. The van der Waals surface area contributed by atoms with Crippen LogP contribution >= 0.6 is 11.8 Å². The van der Waals surface area contributed by atoms with Crippen molar-refractivity contribution in [2.24, 2.45) is 0 Å². The number of nitrogens with one attached hydrogen (secondary N) is 1. The zero-order chi connectivity index (χ0) is 13.1. The summed E-state index contributed by atoms with van der Waals surface area (Å²) in [4.78, 5) is 13.9. The van der Waals surface area contributed by atoms with E-state index in [2.05, 4.69) is 17.1 Å². The highest BCUT2D eigenvalue weighted by molar-refractivity contribution is 8.00.